The number of fused-ring (bicyclic) bond motifs is 1. The standard InChI is InChI=1S/C22H29N5O4/c1-3-4-5-16(13-28)24-21-20-17(25-22(23)26-21)8-9-27(20)12-15-7-6-14(11-19(29)30)10-18(15)31-2/h6-10,16,28H,3-5,11-13H2,1-2H3,(H,29,30)(H3,23,24,25,26). The van der Waals surface area contributed by atoms with Crippen molar-refractivity contribution in [1.29, 1.82) is 0 Å². The van der Waals surface area contributed by atoms with E-state index in [0.29, 0.717) is 29.2 Å². The van der Waals surface area contributed by atoms with Gasteiger partial charge in [-0.3, -0.25) is 4.79 Å². The molecule has 2 heterocycles. The van der Waals surface area contributed by atoms with Crippen LogP contribution in [0.25, 0.3) is 11.0 Å². The molecule has 0 bridgehead atoms. The molecule has 2 aromatic heterocycles. The minimum atomic E-state index is -0.891. The van der Waals surface area contributed by atoms with Crippen molar-refractivity contribution in [2.45, 2.75) is 45.2 Å². The number of benzene rings is 1. The lowest BCUT2D eigenvalue weighted by Gasteiger charge is -2.19. The van der Waals surface area contributed by atoms with E-state index < -0.39 is 5.97 Å². The van der Waals surface area contributed by atoms with E-state index in [1.165, 1.54) is 0 Å². The maximum absolute atomic E-state index is 11.0. The number of unbranched alkanes of at least 4 members (excludes halogenated alkanes) is 1. The lowest BCUT2D eigenvalue weighted by atomic mass is 10.1. The second kappa shape index (κ2) is 10.1. The molecule has 1 atom stereocenters. The number of hydrogen-bond donors (Lipinski definition) is 4. The lowest BCUT2D eigenvalue weighted by Crippen LogP contribution is -2.25. The summed E-state index contributed by atoms with van der Waals surface area (Å²) in [6, 6.07) is 7.13. The second-order valence-electron chi connectivity index (χ2n) is 7.49. The normalized spacial score (nSPS) is 12.1. The third-order valence-electron chi connectivity index (χ3n) is 5.14. The maximum Gasteiger partial charge on any atom is 0.307 e. The van der Waals surface area contributed by atoms with Crippen molar-refractivity contribution in [2.24, 2.45) is 0 Å². The number of hydrogen-bond acceptors (Lipinski definition) is 7. The van der Waals surface area contributed by atoms with Crippen molar-refractivity contribution in [3.8, 4) is 5.75 Å². The average Bonchev–Trinajstić information content (AvgIpc) is 3.14. The Morgan fingerprint density at radius 1 is 1.32 bits per heavy atom. The van der Waals surface area contributed by atoms with Crippen LogP contribution in [0.4, 0.5) is 11.8 Å². The molecule has 1 aromatic carbocycles. The van der Waals surface area contributed by atoms with Gasteiger partial charge >= 0.3 is 5.97 Å². The molecule has 166 valence electrons. The zero-order chi connectivity index (χ0) is 22.4. The summed E-state index contributed by atoms with van der Waals surface area (Å²) in [4.78, 5) is 19.7. The number of aliphatic hydroxyl groups is 1. The van der Waals surface area contributed by atoms with E-state index in [1.54, 1.807) is 19.2 Å². The van der Waals surface area contributed by atoms with Gasteiger partial charge in [0.2, 0.25) is 5.95 Å². The highest BCUT2D eigenvalue weighted by atomic mass is 16.5. The molecule has 1 unspecified atom stereocenters. The number of aliphatic hydroxyl groups excluding tert-OH is 1. The number of carboxylic acid groups (broad SMARTS) is 1. The molecule has 0 amide bonds. The summed E-state index contributed by atoms with van der Waals surface area (Å²) >= 11 is 0. The number of ether oxygens (including phenoxy) is 1. The van der Waals surface area contributed by atoms with Gasteiger partial charge in [0, 0.05) is 11.8 Å². The van der Waals surface area contributed by atoms with Gasteiger partial charge < -0.3 is 30.6 Å². The number of nitrogens with zero attached hydrogens (tertiary/aromatic N) is 3. The number of methoxy groups -OCH3 is 1. The van der Waals surface area contributed by atoms with E-state index in [0.717, 1.165) is 30.3 Å². The highest BCUT2D eigenvalue weighted by Gasteiger charge is 2.16. The predicted molar refractivity (Wildman–Crippen MR) is 119 cm³/mol. The topological polar surface area (TPSA) is 136 Å². The molecule has 31 heavy (non-hydrogen) atoms. The van der Waals surface area contributed by atoms with Crippen LogP contribution < -0.4 is 15.8 Å². The first-order valence-corrected chi connectivity index (χ1v) is 10.3. The SMILES string of the molecule is CCCCC(CO)Nc1nc(N)nc2ccn(Cc3ccc(CC(=O)O)cc3OC)c12. The summed E-state index contributed by atoms with van der Waals surface area (Å²) in [6.45, 7) is 2.57. The predicted octanol–water partition coefficient (Wildman–Crippen LogP) is 2.66. The molecule has 9 heteroatoms. The zero-order valence-corrected chi connectivity index (χ0v) is 17.8. The Bertz CT molecular complexity index is 1050. The number of aromatic nitrogens is 3. The monoisotopic (exact) mass is 427 g/mol. The molecule has 0 radical (unpaired) electrons. The molecule has 3 rings (SSSR count). The number of rotatable bonds is 11. The fourth-order valence-electron chi connectivity index (χ4n) is 3.60. The quantitative estimate of drug-likeness (QED) is 0.367. The third-order valence-corrected chi connectivity index (χ3v) is 5.14. The van der Waals surface area contributed by atoms with E-state index in [4.69, 9.17) is 15.6 Å². The Morgan fingerprint density at radius 2 is 2.13 bits per heavy atom. The van der Waals surface area contributed by atoms with Crippen molar-refractivity contribution in [2.75, 3.05) is 24.8 Å². The van der Waals surface area contributed by atoms with E-state index in [1.807, 2.05) is 22.9 Å². The van der Waals surface area contributed by atoms with Crippen molar-refractivity contribution in [3.63, 3.8) is 0 Å². The molecule has 5 N–H and O–H groups in total. The molecule has 0 saturated heterocycles. The summed E-state index contributed by atoms with van der Waals surface area (Å²) in [5.41, 5.74) is 8.94. The number of anilines is 2. The third kappa shape index (κ3) is 5.43. The van der Waals surface area contributed by atoms with Gasteiger partial charge in [-0.25, -0.2) is 4.98 Å². The van der Waals surface area contributed by atoms with Crippen molar-refractivity contribution in [3.05, 3.63) is 41.6 Å². The Hall–Kier alpha value is -3.33. The Balaban J connectivity index is 1.95. The van der Waals surface area contributed by atoms with Crippen molar-refractivity contribution < 1.29 is 19.7 Å². The fourth-order valence-corrected chi connectivity index (χ4v) is 3.60. The smallest absolute Gasteiger partial charge is 0.307 e. The highest BCUT2D eigenvalue weighted by Crippen LogP contribution is 2.27. The summed E-state index contributed by atoms with van der Waals surface area (Å²) in [7, 11) is 1.56. The van der Waals surface area contributed by atoms with E-state index in [9.17, 15) is 9.90 Å². The molecule has 0 saturated carbocycles. The summed E-state index contributed by atoms with van der Waals surface area (Å²) in [6.07, 6.45) is 4.67. The maximum atomic E-state index is 11.0. The zero-order valence-electron chi connectivity index (χ0n) is 17.8. The molecule has 0 aliphatic rings. The van der Waals surface area contributed by atoms with Crippen molar-refractivity contribution >= 4 is 28.8 Å². The average molecular weight is 428 g/mol. The van der Waals surface area contributed by atoms with Crippen LogP contribution in [0.1, 0.15) is 37.3 Å². The van der Waals surface area contributed by atoms with Crippen LogP contribution in [0, 0.1) is 0 Å². The first-order chi connectivity index (χ1) is 14.9. The lowest BCUT2D eigenvalue weighted by molar-refractivity contribution is -0.136. The Labute approximate surface area is 180 Å². The summed E-state index contributed by atoms with van der Waals surface area (Å²) in [5.74, 6) is 0.459. The van der Waals surface area contributed by atoms with E-state index >= 15 is 0 Å². The fraction of sp³-hybridized carbons (Fsp3) is 0.409. The largest absolute Gasteiger partial charge is 0.496 e. The molecule has 9 nitrogen and oxygen atoms in total. The van der Waals surface area contributed by atoms with Crippen LogP contribution in [0.15, 0.2) is 30.5 Å². The number of carbonyl (C=O) groups is 1. The highest BCUT2D eigenvalue weighted by molar-refractivity contribution is 5.87. The van der Waals surface area contributed by atoms with Crippen LogP contribution in [0.3, 0.4) is 0 Å². The van der Waals surface area contributed by atoms with E-state index in [-0.39, 0.29) is 25.0 Å². The van der Waals surface area contributed by atoms with Crippen LogP contribution in [0.5, 0.6) is 5.75 Å². The first kappa shape index (κ1) is 22.4. The number of aliphatic carboxylic acids is 1. The van der Waals surface area contributed by atoms with Gasteiger partial charge in [-0.2, -0.15) is 4.98 Å². The molecular weight excluding hydrogens is 398 g/mol. The molecule has 0 aliphatic heterocycles. The van der Waals surface area contributed by atoms with Gasteiger partial charge in [-0.05, 0) is 24.1 Å². The number of nitrogens with one attached hydrogen (secondary N) is 1. The number of carboxylic acids is 1. The second-order valence-corrected chi connectivity index (χ2v) is 7.49. The summed E-state index contributed by atoms with van der Waals surface area (Å²) < 4.78 is 7.48. The molecular formula is C22H29N5O4. The van der Waals surface area contributed by atoms with Gasteiger partial charge in [-0.15, -0.1) is 0 Å². The van der Waals surface area contributed by atoms with Gasteiger partial charge in [0.25, 0.3) is 0 Å². The van der Waals surface area contributed by atoms with Crippen LogP contribution in [-0.4, -0.2) is 50.5 Å². The Kier molecular flexibility index (Phi) is 7.30. The first-order valence-electron chi connectivity index (χ1n) is 10.3. The van der Waals surface area contributed by atoms with Gasteiger partial charge in [0.1, 0.15) is 11.3 Å². The van der Waals surface area contributed by atoms with Crippen LogP contribution >= 0.6 is 0 Å². The van der Waals surface area contributed by atoms with Gasteiger partial charge in [-0.1, -0.05) is 31.9 Å². The van der Waals surface area contributed by atoms with Gasteiger partial charge in [0.05, 0.1) is 38.2 Å². The molecule has 3 aromatic rings. The van der Waals surface area contributed by atoms with Gasteiger partial charge in [0.15, 0.2) is 5.82 Å². The molecule has 0 fully saturated rings. The minimum Gasteiger partial charge on any atom is -0.496 e. The number of nitrogens with two attached hydrogens (primary N) is 1. The minimum absolute atomic E-state index is 0.00896. The Morgan fingerprint density at radius 3 is 2.81 bits per heavy atom. The van der Waals surface area contributed by atoms with Crippen LogP contribution in [0.2, 0.25) is 0 Å². The van der Waals surface area contributed by atoms with Crippen LogP contribution in [-0.2, 0) is 17.8 Å². The molecule has 0 aliphatic carbocycles. The van der Waals surface area contributed by atoms with Crippen molar-refractivity contribution in [1.82, 2.24) is 14.5 Å². The van der Waals surface area contributed by atoms with E-state index in [2.05, 4.69) is 22.2 Å². The molecule has 0 spiro atoms. The number of nitrogen functional groups attached to an aromatic ring is 1. The summed E-state index contributed by atoms with van der Waals surface area (Å²) in [5, 5.41) is 22.1.